The Kier molecular flexibility index (Phi) is 13.5. The normalized spacial score (nSPS) is 14.7. The Balaban J connectivity index is 0.000000368. The predicted octanol–water partition coefficient (Wildman–Crippen LogP) is 4.68. The van der Waals surface area contributed by atoms with Crippen LogP contribution >= 0.6 is 29.4 Å². The molecule has 0 saturated carbocycles. The Bertz CT molecular complexity index is 1090. The van der Waals surface area contributed by atoms with E-state index in [4.69, 9.17) is 0 Å². The third-order valence-corrected chi connectivity index (χ3v) is 6.49. The highest BCUT2D eigenvalue weighted by molar-refractivity contribution is 9.10. The molecule has 0 amide bonds. The topological polar surface area (TPSA) is 76.2 Å². The number of nitrogens with zero attached hydrogens (tertiary/aromatic N) is 5. The van der Waals surface area contributed by atoms with Crippen molar-refractivity contribution in [1.82, 2.24) is 24.2 Å². The maximum absolute atomic E-state index is 12.5. The zero-order valence-corrected chi connectivity index (χ0v) is 24.0. The van der Waals surface area contributed by atoms with Crippen LogP contribution in [0.2, 0.25) is 0 Å². The molecule has 0 bridgehead atoms. The number of allylic oxidation sites excluding steroid dienone is 1. The number of rotatable bonds is 5. The molecule has 1 saturated heterocycles. The Morgan fingerprint density at radius 2 is 1.74 bits per heavy atom. The van der Waals surface area contributed by atoms with Crippen LogP contribution in [-0.2, 0) is 20.0 Å². The van der Waals surface area contributed by atoms with Gasteiger partial charge in [0.05, 0.1) is 18.5 Å². The zero-order chi connectivity index (χ0) is 25.1. The number of likely N-dealkylation sites (tertiary alicyclic amines) is 1. The first-order chi connectivity index (χ1) is 16.2. The van der Waals surface area contributed by atoms with Gasteiger partial charge in [0.15, 0.2) is 5.52 Å². The number of fused-ring (bicyclic) bond motifs is 1. The second-order valence-corrected chi connectivity index (χ2v) is 9.59. The van der Waals surface area contributed by atoms with E-state index in [2.05, 4.69) is 75.6 Å². The smallest absolute Gasteiger partial charge is 0.281 e. The van der Waals surface area contributed by atoms with Gasteiger partial charge in [-0.25, -0.2) is 4.98 Å². The first-order valence-corrected chi connectivity index (χ1v) is 12.7. The highest BCUT2D eigenvalue weighted by atomic mass is 79.9. The van der Waals surface area contributed by atoms with Gasteiger partial charge in [0, 0.05) is 20.1 Å². The average Bonchev–Trinajstić information content (AvgIpc) is 3.12. The molecular weight excluding hydrogens is 526 g/mol. The van der Waals surface area contributed by atoms with Crippen LogP contribution in [0.5, 0.6) is 0 Å². The molecule has 9 heteroatoms. The number of aryl methyl sites for hydroxylation is 2. The number of hydrogen-bond acceptors (Lipinski definition) is 5. The van der Waals surface area contributed by atoms with E-state index in [1.165, 1.54) is 22.9 Å². The van der Waals surface area contributed by atoms with Crippen LogP contribution in [0, 0.1) is 0 Å². The fourth-order valence-corrected chi connectivity index (χ4v) is 3.97. The number of benzene rings is 1. The van der Waals surface area contributed by atoms with E-state index >= 15 is 0 Å². The first-order valence-electron chi connectivity index (χ1n) is 11.9. The lowest BCUT2D eigenvalue weighted by atomic mass is 9.91. The van der Waals surface area contributed by atoms with E-state index in [0.717, 1.165) is 25.9 Å². The van der Waals surface area contributed by atoms with Crippen LogP contribution in [0.3, 0.4) is 0 Å². The molecule has 2 aromatic heterocycles. The molecule has 194 valence electrons. The number of halogens is 1. The van der Waals surface area contributed by atoms with E-state index in [0.29, 0.717) is 28.5 Å². The molecule has 3 heterocycles. The van der Waals surface area contributed by atoms with Gasteiger partial charge >= 0.3 is 0 Å². The molecular formula is C26H40BrN5O2S. The van der Waals surface area contributed by atoms with Gasteiger partial charge in [0.25, 0.3) is 5.56 Å². The summed E-state index contributed by atoms with van der Waals surface area (Å²) in [6, 6.07) is 10.5. The first kappa shape index (κ1) is 31.1. The molecule has 0 atom stereocenters. The van der Waals surface area contributed by atoms with Crippen LogP contribution in [0.1, 0.15) is 45.1 Å². The zero-order valence-electron chi connectivity index (χ0n) is 21.4. The van der Waals surface area contributed by atoms with E-state index in [1.807, 2.05) is 19.2 Å². The average molecular weight is 567 g/mol. The number of aromatic nitrogens is 4. The van der Waals surface area contributed by atoms with Crippen molar-refractivity contribution in [3.05, 3.63) is 69.8 Å². The van der Waals surface area contributed by atoms with Gasteiger partial charge in [-0.15, -0.1) is 6.58 Å². The van der Waals surface area contributed by atoms with Crippen molar-refractivity contribution in [2.75, 3.05) is 20.1 Å². The van der Waals surface area contributed by atoms with Crippen LogP contribution in [0.4, 0.5) is 0 Å². The molecule has 1 aromatic carbocycles. The van der Waals surface area contributed by atoms with Gasteiger partial charge in [-0.2, -0.15) is 18.6 Å². The Morgan fingerprint density at radius 1 is 1.14 bits per heavy atom. The summed E-state index contributed by atoms with van der Waals surface area (Å²) < 4.78 is 3.72. The maximum Gasteiger partial charge on any atom is 0.281 e. The van der Waals surface area contributed by atoms with Crippen molar-refractivity contribution < 1.29 is 5.11 Å². The van der Waals surface area contributed by atoms with Gasteiger partial charge in [0.2, 0.25) is 0 Å². The van der Waals surface area contributed by atoms with Crippen molar-refractivity contribution in [2.45, 2.75) is 58.1 Å². The van der Waals surface area contributed by atoms with Crippen molar-refractivity contribution in [3.63, 3.8) is 0 Å². The molecule has 4 rings (SSSR count). The van der Waals surface area contributed by atoms with Gasteiger partial charge in [-0.1, -0.05) is 56.7 Å². The van der Waals surface area contributed by atoms with Gasteiger partial charge in [-0.05, 0) is 54.2 Å². The molecule has 3 aromatic rings. The molecule has 1 fully saturated rings. The molecule has 35 heavy (non-hydrogen) atoms. The van der Waals surface area contributed by atoms with Crippen LogP contribution in [0.25, 0.3) is 11.0 Å². The largest absolute Gasteiger partial charge is 0.388 e. The summed E-state index contributed by atoms with van der Waals surface area (Å²) in [5, 5.41) is 14.8. The minimum atomic E-state index is -0.849. The van der Waals surface area contributed by atoms with E-state index in [-0.39, 0.29) is 25.6 Å². The van der Waals surface area contributed by atoms with Gasteiger partial charge in [0.1, 0.15) is 10.1 Å². The fourth-order valence-electron chi connectivity index (χ4n) is 3.60. The number of hydrogen-bond donors (Lipinski definition) is 1. The summed E-state index contributed by atoms with van der Waals surface area (Å²) in [5.41, 5.74) is 1.20. The predicted molar refractivity (Wildman–Crippen MR) is 153 cm³/mol. The van der Waals surface area contributed by atoms with Crippen molar-refractivity contribution in [1.29, 1.82) is 0 Å². The summed E-state index contributed by atoms with van der Waals surface area (Å²) in [6.07, 6.45) is 8.19. The Morgan fingerprint density at radius 3 is 2.31 bits per heavy atom. The molecule has 0 unspecified atom stereocenters. The number of piperidine rings is 1. The van der Waals surface area contributed by atoms with Crippen molar-refractivity contribution in [3.8, 4) is 0 Å². The molecule has 0 aliphatic carbocycles. The standard InChI is InChI=1S/C13H18BrN5O2.C10H12.C3H8.H2S/c1-17-5-3-13(21,4-6-17)7-19-8-15-9-10(12(19)20)16-18(2)11(9)14;1-2-3-7-10-8-5-4-6-9-10;1-3-2;/h8,21H,3-7H2,1-2H3;2,4-6,8-9H,1,3,7H2;3H2,1-2H3;1H2. The minimum absolute atomic E-state index is 0. The van der Waals surface area contributed by atoms with Crippen LogP contribution in [0.15, 0.2) is 58.7 Å². The molecule has 1 aliphatic heterocycles. The lowest BCUT2D eigenvalue weighted by molar-refractivity contribution is -0.0298. The SMILES string of the molecule is C=CCCc1ccccc1.CCC.CN1CCC(O)(Cn2cnc3c(Br)n(C)nc3c2=O)CC1.S. The summed E-state index contributed by atoms with van der Waals surface area (Å²) >= 11 is 3.36. The monoisotopic (exact) mass is 565 g/mol. The third kappa shape index (κ3) is 9.22. The van der Waals surface area contributed by atoms with Gasteiger partial charge < -0.3 is 10.0 Å². The summed E-state index contributed by atoms with van der Waals surface area (Å²) in [5.74, 6) is 0. The van der Waals surface area contributed by atoms with Gasteiger partial charge in [-0.3, -0.25) is 14.0 Å². The van der Waals surface area contributed by atoms with Crippen LogP contribution < -0.4 is 5.56 Å². The fraction of sp³-hybridized carbons (Fsp3) is 0.500. The summed E-state index contributed by atoms with van der Waals surface area (Å²) in [4.78, 5) is 18.9. The van der Waals surface area contributed by atoms with E-state index in [1.54, 1.807) is 11.7 Å². The molecule has 0 spiro atoms. The van der Waals surface area contributed by atoms with E-state index in [9.17, 15) is 9.90 Å². The number of aliphatic hydroxyl groups is 1. The Hall–Kier alpha value is -1.94. The molecule has 0 radical (unpaired) electrons. The second kappa shape index (κ2) is 15.2. The van der Waals surface area contributed by atoms with Crippen LogP contribution in [-0.4, -0.2) is 55.1 Å². The Labute approximate surface area is 224 Å². The second-order valence-electron chi connectivity index (χ2n) is 8.84. The summed E-state index contributed by atoms with van der Waals surface area (Å²) in [7, 11) is 3.78. The highest BCUT2D eigenvalue weighted by Gasteiger charge is 2.32. The van der Waals surface area contributed by atoms with E-state index < -0.39 is 5.60 Å². The maximum atomic E-state index is 12.5. The highest BCUT2D eigenvalue weighted by Crippen LogP contribution is 2.23. The quantitative estimate of drug-likeness (QED) is 0.454. The molecule has 1 aliphatic rings. The lowest BCUT2D eigenvalue weighted by Crippen LogP contribution is -2.47. The summed E-state index contributed by atoms with van der Waals surface area (Å²) in [6.45, 7) is 9.85. The van der Waals surface area contributed by atoms with Crippen molar-refractivity contribution >= 4 is 40.5 Å². The minimum Gasteiger partial charge on any atom is -0.388 e. The lowest BCUT2D eigenvalue weighted by Gasteiger charge is -2.36. The van der Waals surface area contributed by atoms with Crippen molar-refractivity contribution in [2.24, 2.45) is 7.05 Å². The molecule has 7 nitrogen and oxygen atoms in total. The third-order valence-electron chi connectivity index (χ3n) is 5.61. The molecule has 1 N–H and O–H groups in total.